The van der Waals surface area contributed by atoms with Crippen molar-refractivity contribution in [2.75, 3.05) is 6.61 Å². The molecule has 0 aromatic heterocycles. The zero-order valence-electron chi connectivity index (χ0n) is 9.25. The van der Waals surface area contributed by atoms with E-state index in [2.05, 4.69) is 23.2 Å². The lowest BCUT2D eigenvalue weighted by Gasteiger charge is -2.05. The number of esters is 1. The molecule has 2 nitrogen and oxygen atoms in total. The molecular weight excluding hydrogens is 245 g/mol. The fraction of sp³-hybridized carbons (Fsp3) is 0.154. The van der Waals surface area contributed by atoms with E-state index in [1.807, 2.05) is 0 Å². The minimum absolute atomic E-state index is 0.0422. The van der Waals surface area contributed by atoms with Gasteiger partial charge in [-0.05, 0) is 24.3 Å². The Hall–Kier alpha value is -2.22. The van der Waals surface area contributed by atoms with Crippen LogP contribution >= 0.6 is 0 Å². The average Bonchev–Trinajstić information content (AvgIpc) is 2.33. The molecule has 0 atom stereocenters. The summed E-state index contributed by atoms with van der Waals surface area (Å²) in [5.41, 5.74) is -0.458. The van der Waals surface area contributed by atoms with Gasteiger partial charge in [0.25, 0.3) is 0 Å². The number of ether oxygens (including phenoxy) is 1. The summed E-state index contributed by atoms with van der Waals surface area (Å²) in [5, 5.41) is 0. The van der Waals surface area contributed by atoms with E-state index < -0.39 is 17.7 Å². The second-order valence-electron chi connectivity index (χ2n) is 3.21. The van der Waals surface area contributed by atoms with Gasteiger partial charge < -0.3 is 4.74 Å². The number of halogens is 3. The van der Waals surface area contributed by atoms with Crippen LogP contribution in [0.5, 0.6) is 0 Å². The Morgan fingerprint density at radius 2 is 1.94 bits per heavy atom. The van der Waals surface area contributed by atoms with Crippen molar-refractivity contribution in [2.24, 2.45) is 0 Å². The predicted molar refractivity (Wildman–Crippen MR) is 59.5 cm³/mol. The van der Waals surface area contributed by atoms with E-state index in [-0.39, 0.29) is 6.61 Å². The number of benzene rings is 1. The molecule has 0 saturated heterocycles. The van der Waals surface area contributed by atoms with E-state index in [9.17, 15) is 18.0 Å². The van der Waals surface area contributed by atoms with Crippen molar-refractivity contribution in [3.8, 4) is 11.8 Å². The van der Waals surface area contributed by atoms with Gasteiger partial charge in [-0.25, -0.2) is 4.79 Å². The summed E-state index contributed by atoms with van der Waals surface area (Å²) in [5.74, 6) is 3.80. The molecule has 0 radical (unpaired) electrons. The average molecular weight is 254 g/mol. The highest BCUT2D eigenvalue weighted by Gasteiger charge is 2.29. The summed E-state index contributed by atoms with van der Waals surface area (Å²) in [6, 6.07) is 4.19. The molecule has 5 heteroatoms. The second kappa shape index (κ2) is 5.92. The maximum Gasteiger partial charge on any atom is 0.416 e. The van der Waals surface area contributed by atoms with Gasteiger partial charge >= 0.3 is 12.1 Å². The highest BCUT2D eigenvalue weighted by molar-refractivity contribution is 5.89. The summed E-state index contributed by atoms with van der Waals surface area (Å²) in [6.45, 7) is 3.39. The van der Waals surface area contributed by atoms with Crippen molar-refractivity contribution in [3.05, 3.63) is 48.0 Å². The van der Waals surface area contributed by atoms with Crippen LogP contribution in [-0.4, -0.2) is 12.6 Å². The predicted octanol–water partition coefficient (Wildman–Crippen LogP) is 2.79. The second-order valence-corrected chi connectivity index (χ2v) is 3.21. The van der Waals surface area contributed by atoms with E-state index in [4.69, 9.17) is 0 Å². The Morgan fingerprint density at radius 1 is 1.33 bits per heavy atom. The molecule has 1 rings (SSSR count). The van der Waals surface area contributed by atoms with Gasteiger partial charge in [-0.1, -0.05) is 18.6 Å². The number of carbonyl (C=O) groups is 1. The molecule has 1 aromatic carbocycles. The fourth-order valence-electron chi connectivity index (χ4n) is 1.04. The van der Waals surface area contributed by atoms with Crippen LogP contribution in [0.25, 0.3) is 0 Å². The fourth-order valence-corrected chi connectivity index (χ4v) is 1.04. The first-order valence-electron chi connectivity index (χ1n) is 4.90. The van der Waals surface area contributed by atoms with Crippen LogP contribution in [0.3, 0.4) is 0 Å². The minimum atomic E-state index is -4.38. The molecule has 0 fully saturated rings. The van der Waals surface area contributed by atoms with Crippen LogP contribution in [0.4, 0.5) is 13.2 Å². The molecule has 0 saturated carbocycles. The van der Waals surface area contributed by atoms with Crippen LogP contribution < -0.4 is 0 Å². The Balaban J connectivity index is 2.73. The molecule has 0 heterocycles. The summed E-state index contributed by atoms with van der Waals surface area (Å²) >= 11 is 0. The van der Waals surface area contributed by atoms with Gasteiger partial charge in [-0.3, -0.25) is 0 Å². The molecule has 0 aliphatic carbocycles. The standard InChI is InChI=1S/C13H9F3O2/c1-2-9-18-12(17)8-5-10-3-6-11(7-4-10)13(14,15)16/h2-4,6-7H,1,9H2. The molecule has 94 valence electrons. The number of alkyl halides is 3. The zero-order valence-corrected chi connectivity index (χ0v) is 9.25. The maximum absolute atomic E-state index is 12.3. The van der Waals surface area contributed by atoms with Gasteiger partial charge in [0.05, 0.1) is 5.56 Å². The van der Waals surface area contributed by atoms with E-state index in [0.29, 0.717) is 5.56 Å². The first-order chi connectivity index (χ1) is 8.43. The lowest BCUT2D eigenvalue weighted by atomic mass is 10.1. The Kier molecular flexibility index (Phi) is 4.55. The number of hydrogen-bond donors (Lipinski definition) is 0. The molecule has 0 amide bonds. The van der Waals surface area contributed by atoms with Gasteiger partial charge in [0.15, 0.2) is 0 Å². The summed E-state index contributed by atoms with van der Waals surface area (Å²) < 4.78 is 41.3. The molecule has 0 unspecified atom stereocenters. The number of rotatable bonds is 2. The highest BCUT2D eigenvalue weighted by atomic mass is 19.4. The van der Waals surface area contributed by atoms with Crippen molar-refractivity contribution in [3.63, 3.8) is 0 Å². The Morgan fingerprint density at radius 3 is 2.44 bits per heavy atom. The van der Waals surface area contributed by atoms with Crippen molar-refractivity contribution in [1.29, 1.82) is 0 Å². The summed E-state index contributed by atoms with van der Waals surface area (Å²) in [4.78, 5) is 11.0. The molecule has 18 heavy (non-hydrogen) atoms. The SMILES string of the molecule is C=CCOC(=O)C#Cc1ccc(C(F)(F)F)cc1. The van der Waals surface area contributed by atoms with Gasteiger partial charge in [-0.2, -0.15) is 13.2 Å². The normalized spacial score (nSPS) is 10.2. The van der Waals surface area contributed by atoms with Crippen molar-refractivity contribution < 1.29 is 22.7 Å². The number of hydrogen-bond acceptors (Lipinski definition) is 2. The molecule has 0 spiro atoms. The highest BCUT2D eigenvalue weighted by Crippen LogP contribution is 2.28. The third-order valence-electron chi connectivity index (χ3n) is 1.85. The van der Waals surface area contributed by atoms with E-state index in [0.717, 1.165) is 12.1 Å². The summed E-state index contributed by atoms with van der Waals surface area (Å²) in [6.07, 6.45) is -2.99. The Bertz CT molecular complexity index is 490. The largest absolute Gasteiger partial charge is 0.452 e. The molecule has 0 aliphatic heterocycles. The lowest BCUT2D eigenvalue weighted by Crippen LogP contribution is -2.04. The quantitative estimate of drug-likeness (QED) is 0.461. The molecule has 1 aromatic rings. The van der Waals surface area contributed by atoms with Gasteiger partial charge in [0.1, 0.15) is 6.61 Å². The monoisotopic (exact) mass is 254 g/mol. The molecule has 0 N–H and O–H groups in total. The lowest BCUT2D eigenvalue weighted by molar-refractivity contribution is -0.137. The van der Waals surface area contributed by atoms with Gasteiger partial charge in [0.2, 0.25) is 0 Å². The first-order valence-corrected chi connectivity index (χ1v) is 4.90. The van der Waals surface area contributed by atoms with Crippen LogP contribution in [0.2, 0.25) is 0 Å². The zero-order chi connectivity index (χ0) is 13.6. The van der Waals surface area contributed by atoms with E-state index in [1.54, 1.807) is 0 Å². The van der Waals surface area contributed by atoms with Crippen molar-refractivity contribution >= 4 is 5.97 Å². The van der Waals surface area contributed by atoms with Crippen molar-refractivity contribution in [1.82, 2.24) is 0 Å². The summed E-state index contributed by atoms with van der Waals surface area (Å²) in [7, 11) is 0. The molecular formula is C13H9F3O2. The molecule has 0 bridgehead atoms. The Labute approximate surface area is 102 Å². The van der Waals surface area contributed by atoms with Crippen LogP contribution in [0, 0.1) is 11.8 Å². The maximum atomic E-state index is 12.3. The molecule has 0 aliphatic rings. The van der Waals surface area contributed by atoms with Crippen LogP contribution in [-0.2, 0) is 15.7 Å². The van der Waals surface area contributed by atoms with Crippen LogP contribution in [0.15, 0.2) is 36.9 Å². The number of carbonyl (C=O) groups excluding carboxylic acids is 1. The van der Waals surface area contributed by atoms with Gasteiger partial charge in [-0.15, -0.1) is 0 Å². The smallest absolute Gasteiger partial charge is 0.416 e. The van der Waals surface area contributed by atoms with E-state index >= 15 is 0 Å². The minimum Gasteiger partial charge on any atom is -0.452 e. The topological polar surface area (TPSA) is 26.3 Å². The van der Waals surface area contributed by atoms with Crippen molar-refractivity contribution in [2.45, 2.75) is 6.18 Å². The third kappa shape index (κ3) is 4.34. The first kappa shape index (κ1) is 13.8. The third-order valence-corrected chi connectivity index (χ3v) is 1.85. The van der Waals surface area contributed by atoms with Crippen LogP contribution in [0.1, 0.15) is 11.1 Å². The van der Waals surface area contributed by atoms with Gasteiger partial charge in [0, 0.05) is 11.5 Å². The van der Waals surface area contributed by atoms with E-state index in [1.165, 1.54) is 18.2 Å².